The Morgan fingerprint density at radius 3 is 2.44 bits per heavy atom. The molecular weight excluding hydrogens is 532 g/mol. The van der Waals surface area contributed by atoms with Crippen LogP contribution in [0.25, 0.3) is 0 Å². The normalized spacial score (nSPS) is 19.6. The molecule has 2 atom stereocenters. The molecule has 3 heterocycles. The van der Waals surface area contributed by atoms with Crippen molar-refractivity contribution in [2.75, 3.05) is 47.8 Å². The summed E-state index contributed by atoms with van der Waals surface area (Å²) in [5.74, 6) is 3.03. The first-order chi connectivity index (χ1) is 17.5. The minimum absolute atomic E-state index is 0.0379. The van der Waals surface area contributed by atoms with Crippen LogP contribution in [0.5, 0.6) is 28.7 Å². The van der Waals surface area contributed by atoms with E-state index in [0.717, 1.165) is 26.7 Å². The molecule has 2 aromatic rings. The summed E-state index contributed by atoms with van der Waals surface area (Å²) in [5.41, 5.74) is 3.77. The number of fused-ring (bicyclic) bond motifs is 3. The van der Waals surface area contributed by atoms with E-state index in [1.807, 2.05) is 35.8 Å². The maximum Gasteiger partial charge on any atom is 0.320 e. The number of methoxy groups -OCH3 is 3. The summed E-state index contributed by atoms with van der Waals surface area (Å²) in [7, 11) is 4.85. The van der Waals surface area contributed by atoms with Gasteiger partial charge in [-0.3, -0.25) is 0 Å². The number of carbonyl (C=O) groups is 1. The Hall–Kier alpha value is -2.85. The van der Waals surface area contributed by atoms with E-state index in [4.69, 9.17) is 28.4 Å². The topological polar surface area (TPSA) is 78.9 Å². The average Bonchev–Trinajstić information content (AvgIpc) is 3.56. The Kier molecular flexibility index (Phi) is 6.82. The molecule has 0 fully saturated rings. The van der Waals surface area contributed by atoms with Crippen molar-refractivity contribution in [1.82, 2.24) is 9.80 Å². The predicted octanol–water partition coefficient (Wildman–Crippen LogP) is 4.84. The third-order valence-corrected chi connectivity index (χ3v) is 8.09. The summed E-state index contributed by atoms with van der Waals surface area (Å²) in [5, 5.41) is 0. The van der Waals surface area contributed by atoms with Gasteiger partial charge in [0.15, 0.2) is 23.0 Å². The molecule has 0 bridgehead atoms. The number of hydrogen-bond donors (Lipinski definition) is 0. The third-order valence-electron chi connectivity index (χ3n) is 7.26. The quantitative estimate of drug-likeness (QED) is 0.498. The zero-order valence-electron chi connectivity index (χ0n) is 21.2. The van der Waals surface area contributed by atoms with Gasteiger partial charge in [-0.15, -0.1) is 0 Å². The van der Waals surface area contributed by atoms with Crippen LogP contribution in [-0.4, -0.2) is 63.6 Å². The van der Waals surface area contributed by atoms with Gasteiger partial charge in [0.25, 0.3) is 0 Å². The largest absolute Gasteiger partial charge is 0.493 e. The molecule has 0 saturated carbocycles. The predicted molar refractivity (Wildman–Crippen MR) is 135 cm³/mol. The van der Waals surface area contributed by atoms with Crippen LogP contribution in [-0.2, 0) is 17.8 Å². The molecule has 0 spiro atoms. The Bertz CT molecular complexity index is 1180. The number of halogens is 1. The highest BCUT2D eigenvalue weighted by molar-refractivity contribution is 9.10. The van der Waals surface area contributed by atoms with Crippen LogP contribution in [0.2, 0.25) is 0 Å². The van der Waals surface area contributed by atoms with E-state index in [-0.39, 0.29) is 12.8 Å². The van der Waals surface area contributed by atoms with Gasteiger partial charge in [-0.25, -0.2) is 4.79 Å². The molecule has 0 aromatic heterocycles. The zero-order chi connectivity index (χ0) is 25.6. The lowest BCUT2D eigenvalue weighted by Crippen LogP contribution is -2.49. The molecule has 0 unspecified atom stereocenters. The molecule has 36 heavy (non-hydrogen) atoms. The maximum atomic E-state index is 13.8. The molecule has 2 amide bonds. The monoisotopic (exact) mass is 562 g/mol. The lowest BCUT2D eigenvalue weighted by atomic mass is 9.85. The highest BCUT2D eigenvalue weighted by Crippen LogP contribution is 2.58. The summed E-state index contributed by atoms with van der Waals surface area (Å²) < 4.78 is 36.0. The number of benzene rings is 2. The van der Waals surface area contributed by atoms with Gasteiger partial charge in [0.2, 0.25) is 12.5 Å². The van der Waals surface area contributed by atoms with Crippen LogP contribution in [0.1, 0.15) is 48.2 Å². The molecule has 0 saturated heterocycles. The summed E-state index contributed by atoms with van der Waals surface area (Å²) >= 11 is 3.75. The molecule has 3 aliphatic rings. The minimum atomic E-state index is -0.457. The van der Waals surface area contributed by atoms with Gasteiger partial charge >= 0.3 is 6.03 Å². The summed E-state index contributed by atoms with van der Waals surface area (Å²) in [6.45, 7) is 6.18. The zero-order valence-corrected chi connectivity index (χ0v) is 22.8. The number of urea groups is 1. The lowest BCUT2D eigenvalue weighted by molar-refractivity contribution is -0.00514. The van der Waals surface area contributed by atoms with Crippen molar-refractivity contribution in [3.8, 4) is 28.7 Å². The molecule has 0 radical (unpaired) electrons. The van der Waals surface area contributed by atoms with Gasteiger partial charge in [0, 0.05) is 30.8 Å². The van der Waals surface area contributed by atoms with Crippen molar-refractivity contribution < 1.29 is 33.2 Å². The molecule has 194 valence electrons. The van der Waals surface area contributed by atoms with E-state index in [0.29, 0.717) is 61.4 Å². The van der Waals surface area contributed by atoms with Crippen LogP contribution in [0.4, 0.5) is 4.79 Å². The molecule has 3 aliphatic heterocycles. The first-order valence-corrected chi connectivity index (χ1v) is 12.9. The number of rotatable bonds is 6. The molecular formula is C26H31BrN2O7. The smallest absolute Gasteiger partial charge is 0.320 e. The van der Waals surface area contributed by atoms with Gasteiger partial charge in [0.1, 0.15) is 6.10 Å². The van der Waals surface area contributed by atoms with Crippen molar-refractivity contribution in [2.24, 2.45) is 0 Å². The van der Waals surface area contributed by atoms with Crippen molar-refractivity contribution in [3.05, 3.63) is 38.9 Å². The van der Waals surface area contributed by atoms with Crippen LogP contribution in [0.3, 0.4) is 0 Å². The van der Waals surface area contributed by atoms with Crippen LogP contribution >= 0.6 is 15.9 Å². The second-order valence-corrected chi connectivity index (χ2v) is 9.54. The van der Waals surface area contributed by atoms with E-state index >= 15 is 0 Å². The van der Waals surface area contributed by atoms with E-state index in [1.165, 1.54) is 0 Å². The average molecular weight is 563 g/mol. The number of carbonyl (C=O) groups excluding carboxylic acids is 1. The fraction of sp³-hybridized carbons (Fsp3) is 0.500. The summed E-state index contributed by atoms with van der Waals surface area (Å²) in [6.07, 6.45) is 0.192. The maximum absolute atomic E-state index is 13.8. The van der Waals surface area contributed by atoms with Gasteiger partial charge < -0.3 is 38.2 Å². The van der Waals surface area contributed by atoms with Gasteiger partial charge in [-0.05, 0) is 53.4 Å². The van der Waals surface area contributed by atoms with Crippen LogP contribution in [0.15, 0.2) is 16.6 Å². The Morgan fingerprint density at radius 1 is 1.06 bits per heavy atom. The standard InChI is InChI=1S/C26H31BrN2O7/c1-6-28(7-2)26(30)29-11-10-15-18(23(33-5)25-24(19(15)27)35-13-36-25)20(29)22-14-8-9-17(31-3)21(32-4)16(14)12-34-22/h8-9,20,22H,6-7,10-13H2,1-5H3/t20-,22+/m1/s1. The number of nitrogens with zero attached hydrogens (tertiary/aromatic N) is 2. The van der Waals surface area contributed by atoms with Gasteiger partial charge in [0.05, 0.1) is 38.5 Å². The van der Waals surface area contributed by atoms with Crippen molar-refractivity contribution in [2.45, 2.75) is 39.0 Å². The fourth-order valence-electron chi connectivity index (χ4n) is 5.56. The number of hydrogen-bond acceptors (Lipinski definition) is 7. The SMILES string of the molecule is CCN(CC)C(=O)N1CCc2c(Br)c3c(c(OC)c2[C@@H]1[C@H]1OCc2c1ccc(OC)c2OC)OCO3. The van der Waals surface area contributed by atoms with E-state index in [1.54, 1.807) is 21.3 Å². The Balaban J connectivity index is 1.72. The van der Waals surface area contributed by atoms with Crippen LogP contribution in [0, 0.1) is 0 Å². The highest BCUT2D eigenvalue weighted by atomic mass is 79.9. The van der Waals surface area contributed by atoms with Crippen molar-refractivity contribution in [3.63, 3.8) is 0 Å². The lowest BCUT2D eigenvalue weighted by Gasteiger charge is -2.43. The Morgan fingerprint density at radius 2 is 1.78 bits per heavy atom. The third kappa shape index (κ3) is 3.64. The van der Waals surface area contributed by atoms with Crippen molar-refractivity contribution in [1.29, 1.82) is 0 Å². The van der Waals surface area contributed by atoms with Crippen LogP contribution < -0.4 is 23.7 Å². The molecule has 0 aliphatic carbocycles. The fourth-order valence-corrected chi connectivity index (χ4v) is 6.27. The first kappa shape index (κ1) is 24.8. The molecule has 2 aromatic carbocycles. The van der Waals surface area contributed by atoms with Gasteiger partial charge in [-0.2, -0.15) is 0 Å². The van der Waals surface area contributed by atoms with Crippen molar-refractivity contribution >= 4 is 22.0 Å². The summed E-state index contributed by atoms with van der Waals surface area (Å²) in [6, 6.07) is 3.38. The molecule has 0 N–H and O–H groups in total. The summed E-state index contributed by atoms with van der Waals surface area (Å²) in [4.78, 5) is 17.6. The molecule has 10 heteroatoms. The first-order valence-electron chi connectivity index (χ1n) is 12.1. The van der Waals surface area contributed by atoms with Gasteiger partial charge in [-0.1, -0.05) is 6.07 Å². The molecule has 9 nitrogen and oxygen atoms in total. The highest BCUT2D eigenvalue weighted by Gasteiger charge is 2.47. The molecule has 5 rings (SSSR count). The Labute approximate surface area is 219 Å². The van der Waals surface area contributed by atoms with E-state index < -0.39 is 12.1 Å². The number of amides is 2. The number of ether oxygens (including phenoxy) is 6. The van der Waals surface area contributed by atoms with E-state index in [2.05, 4.69) is 15.9 Å². The second-order valence-electron chi connectivity index (χ2n) is 8.75. The minimum Gasteiger partial charge on any atom is -0.493 e. The van der Waals surface area contributed by atoms with E-state index in [9.17, 15) is 4.79 Å². The second kappa shape index (κ2) is 9.89.